The molecule has 0 heterocycles. The second kappa shape index (κ2) is 7.47. The number of amides is 2. The van der Waals surface area contributed by atoms with E-state index in [1.165, 1.54) is 18.2 Å². The van der Waals surface area contributed by atoms with Crippen molar-refractivity contribution >= 4 is 11.8 Å². The number of alkyl halides is 3. The molecule has 2 amide bonds. The van der Waals surface area contributed by atoms with Crippen molar-refractivity contribution in [3.8, 4) is 17.6 Å². The smallest absolute Gasteiger partial charge is 0.420 e. The fourth-order valence-electron chi connectivity index (χ4n) is 2.77. The number of ether oxygens (including phenoxy) is 1. The lowest BCUT2D eigenvalue weighted by Gasteiger charge is -2.14. The van der Waals surface area contributed by atoms with E-state index in [0.29, 0.717) is 18.4 Å². The summed E-state index contributed by atoms with van der Waals surface area (Å²) in [4.78, 5) is 23.4. The lowest BCUT2D eigenvalue weighted by molar-refractivity contribution is -0.139. The Labute approximate surface area is 164 Å². The highest BCUT2D eigenvalue weighted by atomic mass is 19.4. The van der Waals surface area contributed by atoms with Crippen LogP contribution in [0.1, 0.15) is 29.5 Å². The van der Waals surface area contributed by atoms with Crippen molar-refractivity contribution in [3.63, 3.8) is 0 Å². The molecule has 1 aliphatic rings. The second-order valence-corrected chi connectivity index (χ2v) is 6.70. The topological polar surface area (TPSA) is 105 Å². The molecule has 9 heteroatoms. The number of benzene rings is 2. The Kier molecular flexibility index (Phi) is 5.20. The number of rotatable bonds is 6. The standard InChI is InChI=1S/C20H16F3N3O3/c21-20(22,23)15-9-13(10-24)3-6-16(15)29-14-4-1-12(2-5-14)11-26-18(28)19(7-8-19)17(25)27/h1-6,9H,7-8,11H2,(H2,25,27)(H,26,28). The van der Waals surface area contributed by atoms with Crippen LogP contribution in [-0.2, 0) is 22.3 Å². The third-order valence-corrected chi connectivity index (χ3v) is 4.67. The lowest BCUT2D eigenvalue weighted by atomic mass is 10.1. The second-order valence-electron chi connectivity index (χ2n) is 6.70. The van der Waals surface area contributed by atoms with Gasteiger partial charge in [-0.3, -0.25) is 9.59 Å². The van der Waals surface area contributed by atoms with E-state index in [0.717, 1.165) is 12.1 Å². The SMILES string of the molecule is N#Cc1ccc(Oc2ccc(CNC(=O)C3(C(N)=O)CC3)cc2)c(C(F)(F)F)c1. The van der Waals surface area contributed by atoms with Crippen molar-refractivity contribution in [3.05, 3.63) is 59.2 Å². The Morgan fingerprint density at radius 2 is 1.83 bits per heavy atom. The number of hydrogen-bond donors (Lipinski definition) is 2. The van der Waals surface area contributed by atoms with E-state index < -0.39 is 34.7 Å². The van der Waals surface area contributed by atoms with Crippen LogP contribution < -0.4 is 15.8 Å². The summed E-state index contributed by atoms with van der Waals surface area (Å²) < 4.78 is 44.9. The highest BCUT2D eigenvalue weighted by molar-refractivity contribution is 6.07. The fourth-order valence-corrected chi connectivity index (χ4v) is 2.77. The minimum atomic E-state index is -4.67. The van der Waals surface area contributed by atoms with Crippen molar-refractivity contribution in [2.45, 2.75) is 25.6 Å². The van der Waals surface area contributed by atoms with Gasteiger partial charge >= 0.3 is 6.18 Å². The predicted octanol–water partition coefficient (Wildman–Crippen LogP) is 3.25. The zero-order chi connectivity index (χ0) is 21.2. The van der Waals surface area contributed by atoms with Gasteiger partial charge in [0.15, 0.2) is 0 Å². The van der Waals surface area contributed by atoms with E-state index in [-0.39, 0.29) is 17.9 Å². The van der Waals surface area contributed by atoms with Gasteiger partial charge < -0.3 is 15.8 Å². The molecular weight excluding hydrogens is 387 g/mol. The monoisotopic (exact) mass is 403 g/mol. The minimum Gasteiger partial charge on any atom is -0.457 e. The van der Waals surface area contributed by atoms with E-state index in [2.05, 4.69) is 5.32 Å². The highest BCUT2D eigenvalue weighted by Gasteiger charge is 2.55. The Hall–Kier alpha value is -3.54. The van der Waals surface area contributed by atoms with Crippen LogP contribution in [0.4, 0.5) is 13.2 Å². The largest absolute Gasteiger partial charge is 0.457 e. The Balaban J connectivity index is 1.68. The Bertz CT molecular complexity index is 991. The molecule has 150 valence electrons. The predicted molar refractivity (Wildman–Crippen MR) is 95.4 cm³/mol. The van der Waals surface area contributed by atoms with Gasteiger partial charge in [-0.1, -0.05) is 12.1 Å². The Morgan fingerprint density at radius 1 is 1.17 bits per heavy atom. The van der Waals surface area contributed by atoms with E-state index >= 15 is 0 Å². The molecule has 29 heavy (non-hydrogen) atoms. The summed E-state index contributed by atoms with van der Waals surface area (Å²) in [7, 11) is 0. The number of hydrogen-bond acceptors (Lipinski definition) is 4. The first-order valence-electron chi connectivity index (χ1n) is 8.62. The van der Waals surface area contributed by atoms with E-state index in [4.69, 9.17) is 15.7 Å². The molecule has 1 aliphatic carbocycles. The summed E-state index contributed by atoms with van der Waals surface area (Å²) in [6.07, 6.45) is -3.83. The summed E-state index contributed by atoms with van der Waals surface area (Å²) in [5, 5.41) is 11.4. The van der Waals surface area contributed by atoms with Crippen molar-refractivity contribution in [1.29, 1.82) is 5.26 Å². The normalized spacial score (nSPS) is 14.6. The molecule has 1 fully saturated rings. The van der Waals surface area contributed by atoms with Gasteiger partial charge in [0.2, 0.25) is 11.8 Å². The highest BCUT2D eigenvalue weighted by Crippen LogP contribution is 2.45. The number of nitrogens with zero attached hydrogens (tertiary/aromatic N) is 1. The molecule has 0 atom stereocenters. The molecule has 0 aliphatic heterocycles. The van der Waals surface area contributed by atoms with Gasteiger partial charge in [-0.05, 0) is 48.7 Å². The first-order chi connectivity index (χ1) is 13.7. The average molecular weight is 403 g/mol. The lowest BCUT2D eigenvalue weighted by Crippen LogP contribution is -2.40. The molecule has 0 saturated heterocycles. The van der Waals surface area contributed by atoms with E-state index in [1.807, 2.05) is 0 Å². The third kappa shape index (κ3) is 4.32. The minimum absolute atomic E-state index is 0.125. The molecule has 2 aromatic rings. The van der Waals surface area contributed by atoms with Gasteiger partial charge in [0.05, 0.1) is 17.2 Å². The number of carbonyl (C=O) groups is 2. The molecule has 3 N–H and O–H groups in total. The van der Waals surface area contributed by atoms with Gasteiger partial charge in [-0.2, -0.15) is 18.4 Å². The molecule has 3 rings (SSSR count). The Morgan fingerprint density at radius 3 is 2.34 bits per heavy atom. The molecule has 0 unspecified atom stereocenters. The quantitative estimate of drug-likeness (QED) is 0.722. The third-order valence-electron chi connectivity index (χ3n) is 4.67. The van der Waals surface area contributed by atoms with Crippen LogP contribution in [0.3, 0.4) is 0 Å². The van der Waals surface area contributed by atoms with Crippen molar-refractivity contribution < 1.29 is 27.5 Å². The number of nitrogens with two attached hydrogens (primary N) is 1. The molecule has 0 radical (unpaired) electrons. The van der Waals surface area contributed by atoms with Crippen LogP contribution in [0.5, 0.6) is 11.5 Å². The van der Waals surface area contributed by atoms with E-state index in [9.17, 15) is 22.8 Å². The molecule has 0 bridgehead atoms. The van der Waals surface area contributed by atoms with Crippen LogP contribution in [0, 0.1) is 16.7 Å². The van der Waals surface area contributed by atoms with E-state index in [1.54, 1.807) is 18.2 Å². The average Bonchev–Trinajstić information content (AvgIpc) is 3.49. The van der Waals surface area contributed by atoms with Gasteiger partial charge in [0.1, 0.15) is 16.9 Å². The van der Waals surface area contributed by atoms with Crippen molar-refractivity contribution in [1.82, 2.24) is 5.32 Å². The van der Waals surface area contributed by atoms with Gasteiger partial charge in [-0.25, -0.2) is 0 Å². The number of halogens is 3. The van der Waals surface area contributed by atoms with Crippen molar-refractivity contribution in [2.75, 3.05) is 0 Å². The molecule has 0 aromatic heterocycles. The molecule has 1 saturated carbocycles. The van der Waals surface area contributed by atoms with Crippen LogP contribution in [0.25, 0.3) is 0 Å². The molecule has 6 nitrogen and oxygen atoms in total. The summed E-state index contributed by atoms with van der Waals surface area (Å²) >= 11 is 0. The molecular formula is C20H16F3N3O3. The summed E-state index contributed by atoms with van der Waals surface area (Å²) in [6.45, 7) is 0.138. The van der Waals surface area contributed by atoms with Crippen LogP contribution >= 0.6 is 0 Å². The maximum Gasteiger partial charge on any atom is 0.420 e. The fraction of sp³-hybridized carbons (Fsp3) is 0.250. The zero-order valence-electron chi connectivity index (χ0n) is 15.0. The summed E-state index contributed by atoms with van der Waals surface area (Å²) in [5.74, 6) is -1.35. The maximum atomic E-state index is 13.2. The number of nitrogens with one attached hydrogen (secondary N) is 1. The van der Waals surface area contributed by atoms with Gasteiger partial charge in [-0.15, -0.1) is 0 Å². The van der Waals surface area contributed by atoms with Crippen LogP contribution in [-0.4, -0.2) is 11.8 Å². The van der Waals surface area contributed by atoms with Gasteiger partial charge in [0, 0.05) is 6.54 Å². The molecule has 0 spiro atoms. The zero-order valence-corrected chi connectivity index (χ0v) is 15.0. The number of carbonyl (C=O) groups excluding carboxylic acids is 2. The maximum absolute atomic E-state index is 13.2. The molecule has 2 aromatic carbocycles. The van der Waals surface area contributed by atoms with Gasteiger partial charge in [0.25, 0.3) is 0 Å². The summed E-state index contributed by atoms with van der Waals surface area (Å²) in [6, 6.07) is 10.8. The first kappa shape index (κ1) is 20.2. The first-order valence-corrected chi connectivity index (χ1v) is 8.62. The van der Waals surface area contributed by atoms with Crippen LogP contribution in [0.2, 0.25) is 0 Å². The van der Waals surface area contributed by atoms with Crippen LogP contribution in [0.15, 0.2) is 42.5 Å². The number of primary amides is 1. The number of nitriles is 1. The summed E-state index contributed by atoms with van der Waals surface area (Å²) in [5.41, 5.74) is 3.62. The van der Waals surface area contributed by atoms with Crippen molar-refractivity contribution in [2.24, 2.45) is 11.1 Å².